The number of carbonyl (C=O) groups excluding carboxylic acids is 1. The van der Waals surface area contributed by atoms with Gasteiger partial charge in [0, 0.05) is 25.9 Å². The molecule has 1 aromatic heterocycles. The van der Waals surface area contributed by atoms with E-state index in [0.29, 0.717) is 36.6 Å². The molecule has 0 saturated carbocycles. The molecule has 4 rings (SSSR count). The number of hydrogen-bond acceptors (Lipinski definition) is 4. The number of fused-ring (bicyclic) bond motifs is 1. The number of nitrogens with one attached hydrogen (secondary N) is 1. The Bertz CT molecular complexity index is 970. The molecule has 1 aliphatic heterocycles. The number of halogens is 2. The number of anilines is 1. The van der Waals surface area contributed by atoms with Crippen LogP contribution in [0.25, 0.3) is 10.2 Å². The molecule has 1 saturated heterocycles. The van der Waals surface area contributed by atoms with Gasteiger partial charge in [0.05, 0.1) is 15.9 Å². The Kier molecular flexibility index (Phi) is 4.89. The maximum Gasteiger partial charge on any atom is 0.321 e. The lowest BCUT2D eigenvalue weighted by Gasteiger charge is -2.31. The maximum absolute atomic E-state index is 13.7. The minimum atomic E-state index is -0.462. The van der Waals surface area contributed by atoms with E-state index in [9.17, 15) is 13.6 Å². The molecule has 0 radical (unpaired) electrons. The van der Waals surface area contributed by atoms with E-state index in [2.05, 4.69) is 10.3 Å². The van der Waals surface area contributed by atoms with E-state index in [0.717, 1.165) is 4.70 Å². The molecule has 0 atom stereocenters. The van der Waals surface area contributed by atoms with Gasteiger partial charge in [-0.25, -0.2) is 18.6 Å². The van der Waals surface area contributed by atoms with Crippen molar-refractivity contribution in [1.29, 1.82) is 0 Å². The first kappa shape index (κ1) is 17.7. The van der Waals surface area contributed by atoms with Crippen molar-refractivity contribution >= 4 is 33.3 Å². The van der Waals surface area contributed by atoms with Gasteiger partial charge in [0.15, 0.2) is 0 Å². The Balaban J connectivity index is 1.33. The van der Waals surface area contributed by atoms with E-state index in [4.69, 9.17) is 4.74 Å². The Morgan fingerprint density at radius 1 is 1.19 bits per heavy atom. The van der Waals surface area contributed by atoms with Crippen molar-refractivity contribution in [3.05, 3.63) is 54.1 Å². The molecule has 1 N–H and O–H groups in total. The summed E-state index contributed by atoms with van der Waals surface area (Å²) in [6.45, 7) is 1.01. The number of nitrogens with zero attached hydrogens (tertiary/aromatic N) is 2. The molecule has 0 spiro atoms. The van der Waals surface area contributed by atoms with Gasteiger partial charge in [-0.2, -0.15) is 0 Å². The van der Waals surface area contributed by atoms with Gasteiger partial charge in [-0.15, -0.1) is 0 Å². The van der Waals surface area contributed by atoms with Crippen molar-refractivity contribution in [1.82, 2.24) is 9.88 Å². The summed E-state index contributed by atoms with van der Waals surface area (Å²) in [5.41, 5.74) is 0.876. The number of piperidine rings is 1. The molecule has 0 aliphatic carbocycles. The molecule has 1 fully saturated rings. The minimum Gasteiger partial charge on any atom is -0.467 e. The van der Waals surface area contributed by atoms with Gasteiger partial charge in [0.25, 0.3) is 5.19 Å². The van der Waals surface area contributed by atoms with E-state index in [1.807, 2.05) is 0 Å². The van der Waals surface area contributed by atoms with Gasteiger partial charge in [0.1, 0.15) is 17.7 Å². The summed E-state index contributed by atoms with van der Waals surface area (Å²) in [6, 6.07) is 10.2. The molecule has 3 aromatic rings. The first-order chi connectivity index (χ1) is 13.1. The van der Waals surface area contributed by atoms with E-state index in [1.165, 1.54) is 35.6 Å². The second kappa shape index (κ2) is 7.48. The zero-order valence-electron chi connectivity index (χ0n) is 14.3. The lowest BCUT2D eigenvalue weighted by molar-refractivity contribution is 0.115. The van der Waals surface area contributed by atoms with E-state index in [1.54, 1.807) is 23.1 Å². The smallest absolute Gasteiger partial charge is 0.321 e. The molecule has 0 bridgehead atoms. The third-order valence-corrected chi connectivity index (χ3v) is 5.35. The van der Waals surface area contributed by atoms with Crippen molar-refractivity contribution in [2.45, 2.75) is 18.9 Å². The van der Waals surface area contributed by atoms with Crippen molar-refractivity contribution in [3.8, 4) is 5.19 Å². The molecular formula is C19H17F2N3O2S. The fraction of sp³-hybridized carbons (Fsp3) is 0.263. The molecule has 0 unspecified atom stereocenters. The summed E-state index contributed by atoms with van der Waals surface area (Å²) >= 11 is 1.31. The quantitative estimate of drug-likeness (QED) is 0.709. The number of carbonyl (C=O) groups is 1. The number of rotatable bonds is 3. The second-order valence-corrected chi connectivity index (χ2v) is 7.30. The van der Waals surface area contributed by atoms with Crippen molar-refractivity contribution in [3.63, 3.8) is 0 Å². The van der Waals surface area contributed by atoms with Gasteiger partial charge >= 0.3 is 6.03 Å². The van der Waals surface area contributed by atoms with Crippen LogP contribution in [0.1, 0.15) is 12.8 Å². The molecule has 2 aromatic carbocycles. The summed E-state index contributed by atoms with van der Waals surface area (Å²) < 4.78 is 33.6. The van der Waals surface area contributed by atoms with Gasteiger partial charge in [-0.05, 0) is 30.3 Å². The molecule has 1 aliphatic rings. The van der Waals surface area contributed by atoms with Crippen LogP contribution in [-0.4, -0.2) is 35.1 Å². The second-order valence-electron chi connectivity index (χ2n) is 6.31. The molecule has 140 valence electrons. The van der Waals surface area contributed by atoms with Crippen LogP contribution in [0.2, 0.25) is 0 Å². The largest absolute Gasteiger partial charge is 0.467 e. The highest BCUT2D eigenvalue weighted by Gasteiger charge is 2.25. The Hall–Kier alpha value is -2.74. The highest BCUT2D eigenvalue weighted by Crippen LogP contribution is 2.30. The zero-order chi connectivity index (χ0) is 18.8. The molecule has 8 heteroatoms. The minimum absolute atomic E-state index is 0.0621. The van der Waals surface area contributed by atoms with Crippen molar-refractivity contribution in [2.24, 2.45) is 0 Å². The van der Waals surface area contributed by atoms with Crippen molar-refractivity contribution < 1.29 is 18.3 Å². The molecule has 2 heterocycles. The number of ether oxygens (including phenoxy) is 1. The summed E-state index contributed by atoms with van der Waals surface area (Å²) in [5.74, 6) is -0.761. The number of thiazole rings is 1. The number of aromatic nitrogens is 1. The van der Waals surface area contributed by atoms with Crippen LogP contribution < -0.4 is 10.1 Å². The zero-order valence-corrected chi connectivity index (χ0v) is 15.1. The predicted molar refractivity (Wildman–Crippen MR) is 100 cm³/mol. The first-order valence-corrected chi connectivity index (χ1v) is 9.43. The van der Waals surface area contributed by atoms with Crippen LogP contribution in [0.4, 0.5) is 19.3 Å². The van der Waals surface area contributed by atoms with Crippen LogP contribution in [0.5, 0.6) is 5.19 Å². The maximum atomic E-state index is 13.7. The third kappa shape index (κ3) is 4.00. The molecule has 2 amide bonds. The molecule has 5 nitrogen and oxygen atoms in total. The lowest BCUT2D eigenvalue weighted by atomic mass is 10.1. The van der Waals surface area contributed by atoms with Gasteiger partial charge < -0.3 is 15.0 Å². The highest BCUT2D eigenvalue weighted by molar-refractivity contribution is 7.20. The van der Waals surface area contributed by atoms with Crippen LogP contribution in [0, 0.1) is 11.6 Å². The fourth-order valence-electron chi connectivity index (χ4n) is 3.00. The van der Waals surface area contributed by atoms with Crippen LogP contribution in [0.15, 0.2) is 42.5 Å². The number of para-hydroxylation sites is 1. The highest BCUT2D eigenvalue weighted by atomic mass is 32.1. The summed E-state index contributed by atoms with van der Waals surface area (Å²) in [6.07, 6.45) is 1.23. The van der Waals surface area contributed by atoms with Crippen LogP contribution >= 0.6 is 11.3 Å². The third-order valence-electron chi connectivity index (χ3n) is 4.44. The Labute approximate surface area is 158 Å². The fourth-order valence-corrected chi connectivity index (χ4v) is 3.91. The van der Waals surface area contributed by atoms with E-state index in [-0.39, 0.29) is 23.6 Å². The number of amides is 2. The number of urea groups is 1. The molecule has 27 heavy (non-hydrogen) atoms. The number of benzene rings is 2. The van der Waals surface area contributed by atoms with Crippen molar-refractivity contribution in [2.75, 3.05) is 18.4 Å². The van der Waals surface area contributed by atoms with Gasteiger partial charge in [0.2, 0.25) is 0 Å². The topological polar surface area (TPSA) is 54.5 Å². The van der Waals surface area contributed by atoms with Gasteiger partial charge in [-0.1, -0.05) is 23.5 Å². The average Bonchev–Trinajstić information content (AvgIpc) is 3.05. The van der Waals surface area contributed by atoms with Gasteiger partial charge in [-0.3, -0.25) is 0 Å². The Morgan fingerprint density at radius 3 is 2.74 bits per heavy atom. The number of hydrogen-bond donors (Lipinski definition) is 1. The first-order valence-electron chi connectivity index (χ1n) is 8.62. The lowest BCUT2D eigenvalue weighted by Crippen LogP contribution is -2.43. The van der Waals surface area contributed by atoms with Crippen LogP contribution in [0.3, 0.4) is 0 Å². The summed E-state index contributed by atoms with van der Waals surface area (Å²) in [5, 5.41) is 3.10. The Morgan fingerprint density at radius 2 is 1.96 bits per heavy atom. The predicted octanol–water partition coefficient (Wildman–Crippen LogP) is 4.65. The number of likely N-dealkylation sites (tertiary alicyclic amines) is 1. The summed E-state index contributed by atoms with van der Waals surface area (Å²) in [7, 11) is 0. The standard InChI is InChI=1S/C19H17F2N3O2S/c20-12-5-6-16-17(11-12)27-19(23-16)26-13-7-9-24(10-8-13)18(25)22-15-4-2-1-3-14(15)21/h1-6,11,13H,7-10H2,(H,22,25). The van der Waals surface area contributed by atoms with E-state index < -0.39 is 5.82 Å². The molecular weight excluding hydrogens is 372 g/mol. The monoisotopic (exact) mass is 389 g/mol. The summed E-state index contributed by atoms with van der Waals surface area (Å²) in [4.78, 5) is 18.3. The average molecular weight is 389 g/mol. The van der Waals surface area contributed by atoms with E-state index >= 15 is 0 Å². The normalized spacial score (nSPS) is 15.1. The van der Waals surface area contributed by atoms with Crippen LogP contribution in [-0.2, 0) is 0 Å². The SMILES string of the molecule is O=C(Nc1ccccc1F)N1CCC(Oc2nc3ccc(F)cc3s2)CC1.